The topological polar surface area (TPSA) is 68.0 Å². The molecule has 0 aromatic heterocycles. The Hall–Kier alpha value is -1.60. The van der Waals surface area contributed by atoms with Crippen LogP contribution in [0.5, 0.6) is 5.75 Å². The highest BCUT2D eigenvalue weighted by molar-refractivity contribution is 7.75. The van der Waals surface area contributed by atoms with Crippen molar-refractivity contribution in [3.63, 3.8) is 0 Å². The van der Waals surface area contributed by atoms with E-state index >= 15 is 0 Å². The van der Waals surface area contributed by atoms with Gasteiger partial charge < -0.3 is 19.6 Å². The zero-order valence-electron chi connectivity index (χ0n) is 14.6. The van der Waals surface area contributed by atoms with E-state index in [9.17, 15) is 4.79 Å². The second-order valence-electron chi connectivity index (χ2n) is 6.43. The summed E-state index contributed by atoms with van der Waals surface area (Å²) >= 11 is 3.57. The monoisotopic (exact) mass is 353 g/mol. The summed E-state index contributed by atoms with van der Waals surface area (Å²) in [6.07, 6.45) is 0.364. The minimum atomic E-state index is -0.286. The molecule has 1 aliphatic rings. The summed E-state index contributed by atoms with van der Waals surface area (Å²) in [4.78, 5) is 16.1. The number of carbonyl (C=O) groups is 1. The van der Waals surface area contributed by atoms with Crippen molar-refractivity contribution >= 4 is 30.3 Å². The number of hydrogen-bond donors (Lipinski definition) is 2. The van der Waals surface area contributed by atoms with Gasteiger partial charge in [0.15, 0.2) is 0 Å². The Morgan fingerprint density at radius 2 is 2.17 bits per heavy atom. The van der Waals surface area contributed by atoms with Crippen LogP contribution in [-0.2, 0) is 8.98 Å². The summed E-state index contributed by atoms with van der Waals surface area (Å²) in [5.74, 6) is 0.898. The number of nitrogen functional groups attached to an aromatic ring is 1. The molecule has 0 saturated carbocycles. The van der Waals surface area contributed by atoms with Gasteiger partial charge in [-0.25, -0.2) is 0 Å². The fourth-order valence-electron chi connectivity index (χ4n) is 3.17. The van der Waals surface area contributed by atoms with Gasteiger partial charge in [-0.05, 0) is 18.1 Å². The van der Waals surface area contributed by atoms with Crippen LogP contribution in [0.1, 0.15) is 20.3 Å². The second kappa shape index (κ2) is 8.48. The van der Waals surface area contributed by atoms with Crippen molar-refractivity contribution in [2.24, 2.45) is 5.92 Å². The lowest BCUT2D eigenvalue weighted by Gasteiger charge is -2.44. The molecule has 1 atom stereocenters. The molecule has 0 radical (unpaired) electrons. The van der Waals surface area contributed by atoms with E-state index in [1.54, 1.807) is 7.11 Å². The molecule has 7 heteroatoms. The number of ether oxygens (including phenoxy) is 1. The molecule has 1 fully saturated rings. The van der Waals surface area contributed by atoms with Crippen molar-refractivity contribution < 1.29 is 13.7 Å². The van der Waals surface area contributed by atoms with Crippen LogP contribution >= 0.6 is 12.9 Å². The van der Waals surface area contributed by atoms with E-state index in [0.717, 1.165) is 25.3 Å². The molecule has 0 bridgehead atoms. The Morgan fingerprint density at radius 3 is 2.79 bits per heavy atom. The van der Waals surface area contributed by atoms with Gasteiger partial charge in [-0.2, -0.15) is 0 Å². The van der Waals surface area contributed by atoms with Gasteiger partial charge in [0.2, 0.25) is 0 Å². The highest BCUT2D eigenvalue weighted by Crippen LogP contribution is 2.29. The molecule has 1 aliphatic heterocycles. The number of hydrogen-bond acceptors (Lipinski definition) is 7. The maximum atomic E-state index is 11.4. The van der Waals surface area contributed by atoms with Crippen molar-refractivity contribution in [1.82, 2.24) is 4.90 Å². The minimum Gasteiger partial charge on any atom is -0.495 e. The van der Waals surface area contributed by atoms with E-state index in [-0.39, 0.29) is 5.97 Å². The van der Waals surface area contributed by atoms with Crippen LogP contribution in [0.2, 0.25) is 0 Å². The highest BCUT2D eigenvalue weighted by atomic mass is 32.1. The van der Waals surface area contributed by atoms with Crippen molar-refractivity contribution in [2.45, 2.75) is 26.3 Å². The van der Waals surface area contributed by atoms with Crippen molar-refractivity contribution in [3.8, 4) is 5.75 Å². The lowest BCUT2D eigenvalue weighted by Crippen LogP contribution is -2.55. The van der Waals surface area contributed by atoms with Gasteiger partial charge in [-0.1, -0.05) is 13.8 Å². The Balaban J connectivity index is 2.07. The Kier molecular flexibility index (Phi) is 6.62. The van der Waals surface area contributed by atoms with Crippen LogP contribution in [-0.4, -0.2) is 50.2 Å². The largest absolute Gasteiger partial charge is 0.495 e. The smallest absolute Gasteiger partial charge is 0.318 e. The molecule has 0 aliphatic carbocycles. The molecule has 1 saturated heterocycles. The van der Waals surface area contributed by atoms with Crippen LogP contribution < -0.4 is 15.4 Å². The lowest BCUT2D eigenvalue weighted by molar-refractivity contribution is -0.133. The number of benzene rings is 1. The summed E-state index contributed by atoms with van der Waals surface area (Å²) in [6.45, 7) is 7.81. The molecule has 1 aromatic carbocycles. The molecule has 1 aromatic rings. The standard InChI is InChI=1S/C17H27N3O3S/c1-12(2)15-11-20(9-8-19(15)7-6-17(21)23-24)13-4-5-14(18)16(10-13)22-3/h4-5,10,12,15,24H,6-9,11,18H2,1-3H3/t15-/m1/s1. The number of nitrogens with two attached hydrogens (primary N) is 1. The van der Waals surface area contributed by atoms with Gasteiger partial charge >= 0.3 is 5.97 Å². The van der Waals surface area contributed by atoms with Crippen LogP contribution in [0.4, 0.5) is 11.4 Å². The van der Waals surface area contributed by atoms with E-state index in [2.05, 4.69) is 40.7 Å². The number of rotatable bonds is 6. The first-order chi connectivity index (χ1) is 11.5. The number of methoxy groups -OCH3 is 1. The van der Waals surface area contributed by atoms with Crippen molar-refractivity contribution in [2.75, 3.05) is 43.9 Å². The average molecular weight is 353 g/mol. The second-order valence-corrected chi connectivity index (χ2v) is 6.62. The first-order valence-electron chi connectivity index (χ1n) is 8.23. The van der Waals surface area contributed by atoms with E-state index in [4.69, 9.17) is 10.5 Å². The number of anilines is 2. The predicted octanol–water partition coefficient (Wildman–Crippen LogP) is 2.20. The van der Waals surface area contributed by atoms with Gasteiger partial charge in [0.05, 0.1) is 19.2 Å². The van der Waals surface area contributed by atoms with Crippen LogP contribution in [0.15, 0.2) is 18.2 Å². The van der Waals surface area contributed by atoms with Crippen LogP contribution in [0.25, 0.3) is 0 Å². The summed E-state index contributed by atoms with van der Waals surface area (Å²) in [6, 6.07) is 6.27. The molecule has 24 heavy (non-hydrogen) atoms. The molecule has 2 rings (SSSR count). The third-order valence-electron chi connectivity index (χ3n) is 4.59. The fraction of sp³-hybridized carbons (Fsp3) is 0.588. The number of thiol groups is 1. The lowest BCUT2D eigenvalue weighted by atomic mass is 9.98. The van der Waals surface area contributed by atoms with Crippen LogP contribution in [0.3, 0.4) is 0 Å². The summed E-state index contributed by atoms with van der Waals surface area (Å²) in [5, 5.41) is 0. The van der Waals surface area contributed by atoms with Crippen molar-refractivity contribution in [1.29, 1.82) is 0 Å². The van der Waals surface area contributed by atoms with Gasteiger partial charge in [-0.3, -0.25) is 9.69 Å². The Morgan fingerprint density at radius 1 is 1.42 bits per heavy atom. The maximum absolute atomic E-state index is 11.4. The zero-order valence-corrected chi connectivity index (χ0v) is 15.5. The Bertz CT molecular complexity index is 568. The molecule has 0 amide bonds. The molecule has 0 unspecified atom stereocenters. The SMILES string of the molecule is COc1cc(N2CCN(CCC(=O)OS)[C@@H](C(C)C)C2)ccc1N. The van der Waals surface area contributed by atoms with E-state index < -0.39 is 0 Å². The minimum absolute atomic E-state index is 0.286. The number of carbonyl (C=O) groups excluding carboxylic acids is 1. The van der Waals surface area contributed by atoms with E-state index in [1.807, 2.05) is 18.2 Å². The third-order valence-corrected chi connectivity index (χ3v) is 4.79. The van der Waals surface area contributed by atoms with Crippen molar-refractivity contribution in [3.05, 3.63) is 18.2 Å². The van der Waals surface area contributed by atoms with Gasteiger partial charge in [0, 0.05) is 56.9 Å². The first kappa shape index (κ1) is 18.7. The molecule has 0 spiro atoms. The van der Waals surface area contributed by atoms with E-state index in [0.29, 0.717) is 36.4 Å². The maximum Gasteiger partial charge on any atom is 0.318 e. The first-order valence-corrected chi connectivity index (χ1v) is 8.59. The summed E-state index contributed by atoms with van der Waals surface area (Å²) < 4.78 is 9.79. The quantitative estimate of drug-likeness (QED) is 0.464. The zero-order chi connectivity index (χ0) is 17.7. The molecular weight excluding hydrogens is 326 g/mol. The highest BCUT2D eigenvalue weighted by Gasteiger charge is 2.29. The van der Waals surface area contributed by atoms with Crippen LogP contribution in [0, 0.1) is 5.92 Å². The summed E-state index contributed by atoms with van der Waals surface area (Å²) in [7, 11) is 1.63. The van der Waals surface area contributed by atoms with Gasteiger partial charge in [-0.15, -0.1) is 0 Å². The summed E-state index contributed by atoms with van der Waals surface area (Å²) in [5.41, 5.74) is 7.66. The Labute approximate surface area is 149 Å². The molecule has 134 valence electrons. The van der Waals surface area contributed by atoms with Gasteiger partial charge in [0.25, 0.3) is 0 Å². The number of nitrogens with zero attached hydrogens (tertiary/aromatic N) is 2. The van der Waals surface area contributed by atoms with Gasteiger partial charge in [0.1, 0.15) is 5.75 Å². The number of piperazine rings is 1. The third kappa shape index (κ3) is 4.48. The molecule has 6 nitrogen and oxygen atoms in total. The predicted molar refractivity (Wildman–Crippen MR) is 99.5 cm³/mol. The normalized spacial score (nSPS) is 18.7. The molecule has 1 heterocycles. The average Bonchev–Trinajstić information content (AvgIpc) is 2.59. The van der Waals surface area contributed by atoms with E-state index in [1.165, 1.54) is 0 Å². The molecular formula is C17H27N3O3S. The fourth-order valence-corrected chi connectivity index (χ4v) is 3.26. The molecule has 2 N–H and O–H groups in total.